The van der Waals surface area contributed by atoms with Crippen LogP contribution in [0, 0.1) is 6.92 Å². The molecule has 2 heterocycles. The van der Waals surface area contributed by atoms with Gasteiger partial charge in [0.1, 0.15) is 5.82 Å². The summed E-state index contributed by atoms with van der Waals surface area (Å²) in [6, 6.07) is 12.8. The number of hydrogen-bond donors (Lipinski definition) is 1. The van der Waals surface area contributed by atoms with Crippen LogP contribution in [0.4, 0.5) is 5.82 Å². The van der Waals surface area contributed by atoms with E-state index in [1.165, 1.54) is 11.1 Å². The molecule has 0 bridgehead atoms. The second kappa shape index (κ2) is 9.55. The number of pyridine rings is 1. The molecule has 1 fully saturated rings. The lowest BCUT2D eigenvalue weighted by Gasteiger charge is -2.32. The van der Waals surface area contributed by atoms with Gasteiger partial charge in [0, 0.05) is 46.5 Å². The van der Waals surface area contributed by atoms with Crippen LogP contribution < -0.4 is 10.2 Å². The second-order valence-electron chi connectivity index (χ2n) is 7.39. The van der Waals surface area contributed by atoms with Gasteiger partial charge in [0.25, 0.3) is 0 Å². The molecule has 0 spiro atoms. The fraction of sp³-hybridized carbons (Fsp3) is 0.455. The first-order chi connectivity index (χ1) is 13.5. The molecule has 1 saturated heterocycles. The number of aryl methyl sites for hydroxylation is 1. The van der Waals surface area contributed by atoms with E-state index in [1.54, 1.807) is 0 Å². The molecule has 1 aromatic heterocycles. The van der Waals surface area contributed by atoms with Gasteiger partial charge >= 0.3 is 0 Å². The maximum Gasteiger partial charge on any atom is 0.193 e. The van der Waals surface area contributed by atoms with Gasteiger partial charge in [-0.1, -0.05) is 35.9 Å². The summed E-state index contributed by atoms with van der Waals surface area (Å²) >= 11 is 0. The maximum atomic E-state index is 5.60. The van der Waals surface area contributed by atoms with E-state index in [2.05, 4.69) is 82.4 Å². The van der Waals surface area contributed by atoms with Gasteiger partial charge < -0.3 is 19.9 Å². The Labute approximate surface area is 168 Å². The number of nitrogens with one attached hydrogen (secondary N) is 1. The van der Waals surface area contributed by atoms with E-state index in [0.717, 1.165) is 43.6 Å². The first kappa shape index (κ1) is 20.1. The maximum absolute atomic E-state index is 5.60. The Morgan fingerprint density at radius 1 is 1.25 bits per heavy atom. The van der Waals surface area contributed by atoms with Gasteiger partial charge in [0.2, 0.25) is 0 Å². The standard InChI is InChI=1S/C22H31N5O/c1-17-5-7-19(8-6-17)16-26(4)22(23-3)25-14-20-9-10-21(24-13-20)27-11-12-28-18(2)15-27/h5-10,13,18H,11-12,14-16H2,1-4H3,(H,23,25). The van der Waals surface area contributed by atoms with Crippen molar-refractivity contribution in [2.75, 3.05) is 38.7 Å². The number of guanidine groups is 1. The number of morpholine rings is 1. The average Bonchev–Trinajstić information content (AvgIpc) is 2.71. The van der Waals surface area contributed by atoms with E-state index in [-0.39, 0.29) is 6.10 Å². The third-order valence-electron chi connectivity index (χ3n) is 4.94. The molecule has 1 N–H and O–H groups in total. The average molecular weight is 382 g/mol. The van der Waals surface area contributed by atoms with Crippen molar-refractivity contribution < 1.29 is 4.74 Å². The summed E-state index contributed by atoms with van der Waals surface area (Å²) in [5.74, 6) is 1.88. The Bertz CT molecular complexity index is 773. The fourth-order valence-electron chi connectivity index (χ4n) is 3.34. The van der Waals surface area contributed by atoms with Crippen molar-refractivity contribution in [2.24, 2.45) is 4.99 Å². The lowest BCUT2D eigenvalue weighted by Crippen LogP contribution is -2.41. The minimum Gasteiger partial charge on any atom is -0.375 e. The summed E-state index contributed by atoms with van der Waals surface area (Å²) in [5, 5.41) is 3.43. The van der Waals surface area contributed by atoms with Crippen molar-refractivity contribution in [1.29, 1.82) is 0 Å². The minimum absolute atomic E-state index is 0.254. The van der Waals surface area contributed by atoms with Crippen molar-refractivity contribution in [3.63, 3.8) is 0 Å². The van der Waals surface area contributed by atoms with Crippen LogP contribution in [0.1, 0.15) is 23.6 Å². The molecule has 0 saturated carbocycles. The van der Waals surface area contributed by atoms with Gasteiger partial charge in [0.15, 0.2) is 5.96 Å². The van der Waals surface area contributed by atoms with Crippen LogP contribution in [0.5, 0.6) is 0 Å². The number of benzene rings is 1. The lowest BCUT2D eigenvalue weighted by molar-refractivity contribution is 0.0529. The Morgan fingerprint density at radius 2 is 2.00 bits per heavy atom. The number of nitrogens with zero attached hydrogens (tertiary/aromatic N) is 4. The molecule has 1 atom stereocenters. The van der Waals surface area contributed by atoms with Crippen molar-refractivity contribution >= 4 is 11.8 Å². The van der Waals surface area contributed by atoms with Crippen LogP contribution in [-0.2, 0) is 17.8 Å². The van der Waals surface area contributed by atoms with Crippen molar-refractivity contribution in [3.8, 4) is 0 Å². The number of hydrogen-bond acceptors (Lipinski definition) is 4. The van der Waals surface area contributed by atoms with E-state index in [9.17, 15) is 0 Å². The highest BCUT2D eigenvalue weighted by molar-refractivity contribution is 5.79. The quantitative estimate of drug-likeness (QED) is 0.638. The Balaban J connectivity index is 1.53. The predicted octanol–water partition coefficient (Wildman–Crippen LogP) is 2.82. The zero-order chi connectivity index (χ0) is 19.9. The third kappa shape index (κ3) is 5.45. The zero-order valence-corrected chi connectivity index (χ0v) is 17.4. The molecule has 0 radical (unpaired) electrons. The lowest BCUT2D eigenvalue weighted by atomic mass is 10.1. The summed E-state index contributed by atoms with van der Waals surface area (Å²) in [6.45, 7) is 8.25. The molecular formula is C22H31N5O. The summed E-state index contributed by atoms with van der Waals surface area (Å²) in [5.41, 5.74) is 3.67. The predicted molar refractivity (Wildman–Crippen MR) is 115 cm³/mol. The highest BCUT2D eigenvalue weighted by atomic mass is 16.5. The minimum atomic E-state index is 0.254. The molecule has 1 aromatic carbocycles. The number of anilines is 1. The zero-order valence-electron chi connectivity index (χ0n) is 17.4. The summed E-state index contributed by atoms with van der Waals surface area (Å²) in [4.78, 5) is 13.4. The van der Waals surface area contributed by atoms with Crippen LogP contribution in [-0.4, -0.2) is 55.7 Å². The topological polar surface area (TPSA) is 53.0 Å². The van der Waals surface area contributed by atoms with Crippen LogP contribution in [0.2, 0.25) is 0 Å². The largest absolute Gasteiger partial charge is 0.375 e. The Hall–Kier alpha value is -2.60. The van der Waals surface area contributed by atoms with Gasteiger partial charge in [-0.3, -0.25) is 4.99 Å². The number of aromatic nitrogens is 1. The monoisotopic (exact) mass is 381 g/mol. The highest BCUT2D eigenvalue weighted by Crippen LogP contribution is 2.15. The molecule has 1 aliphatic rings. The third-order valence-corrected chi connectivity index (χ3v) is 4.94. The highest BCUT2D eigenvalue weighted by Gasteiger charge is 2.17. The summed E-state index contributed by atoms with van der Waals surface area (Å²) < 4.78 is 5.60. The molecule has 6 heteroatoms. The van der Waals surface area contributed by atoms with Crippen LogP contribution in [0.15, 0.2) is 47.6 Å². The molecule has 6 nitrogen and oxygen atoms in total. The van der Waals surface area contributed by atoms with Gasteiger partial charge in [-0.2, -0.15) is 0 Å². The molecule has 1 aliphatic heterocycles. The second-order valence-corrected chi connectivity index (χ2v) is 7.39. The van der Waals surface area contributed by atoms with E-state index in [0.29, 0.717) is 6.54 Å². The van der Waals surface area contributed by atoms with Crippen molar-refractivity contribution in [1.82, 2.24) is 15.2 Å². The van der Waals surface area contributed by atoms with Crippen molar-refractivity contribution in [3.05, 3.63) is 59.3 Å². The smallest absolute Gasteiger partial charge is 0.193 e. The van der Waals surface area contributed by atoms with Gasteiger partial charge in [-0.15, -0.1) is 0 Å². The molecular weight excluding hydrogens is 350 g/mol. The summed E-state index contributed by atoms with van der Waals surface area (Å²) in [7, 11) is 3.87. The van der Waals surface area contributed by atoms with Gasteiger partial charge in [0.05, 0.1) is 12.7 Å². The summed E-state index contributed by atoms with van der Waals surface area (Å²) in [6.07, 6.45) is 2.19. The number of ether oxygens (including phenoxy) is 1. The number of aliphatic imine (C=N–C) groups is 1. The molecule has 1 unspecified atom stereocenters. The van der Waals surface area contributed by atoms with E-state index in [1.807, 2.05) is 13.2 Å². The first-order valence-electron chi connectivity index (χ1n) is 9.84. The molecule has 2 aromatic rings. The van der Waals surface area contributed by atoms with E-state index < -0.39 is 0 Å². The Morgan fingerprint density at radius 3 is 2.64 bits per heavy atom. The van der Waals surface area contributed by atoms with Gasteiger partial charge in [-0.05, 0) is 31.0 Å². The first-order valence-corrected chi connectivity index (χ1v) is 9.84. The van der Waals surface area contributed by atoms with Crippen LogP contribution >= 0.6 is 0 Å². The molecule has 0 aliphatic carbocycles. The molecule has 150 valence electrons. The van der Waals surface area contributed by atoms with Crippen molar-refractivity contribution in [2.45, 2.75) is 33.0 Å². The fourth-order valence-corrected chi connectivity index (χ4v) is 3.34. The van der Waals surface area contributed by atoms with E-state index >= 15 is 0 Å². The van der Waals surface area contributed by atoms with Gasteiger partial charge in [-0.25, -0.2) is 4.98 Å². The SMILES string of the molecule is CN=C(NCc1ccc(N2CCOC(C)C2)nc1)N(C)Cc1ccc(C)cc1. The normalized spacial score (nSPS) is 17.5. The number of rotatable bonds is 5. The van der Waals surface area contributed by atoms with E-state index in [4.69, 9.17) is 4.74 Å². The molecule has 28 heavy (non-hydrogen) atoms. The molecule has 3 rings (SSSR count). The van der Waals surface area contributed by atoms with Crippen LogP contribution in [0.3, 0.4) is 0 Å². The Kier molecular flexibility index (Phi) is 6.87. The molecule has 0 amide bonds. The van der Waals surface area contributed by atoms with Crippen LogP contribution in [0.25, 0.3) is 0 Å².